The molecule has 2 N–H and O–H groups in total. The molecular weight excluding hydrogens is 395 g/mol. The Labute approximate surface area is 183 Å². The van der Waals surface area contributed by atoms with Crippen molar-refractivity contribution in [1.29, 1.82) is 0 Å². The molecule has 1 saturated heterocycles. The number of hydrogen-bond acceptors (Lipinski definition) is 3. The maximum atomic E-state index is 13.4. The van der Waals surface area contributed by atoms with E-state index < -0.39 is 6.04 Å². The molecule has 0 aromatic heterocycles. The molecule has 1 aliphatic heterocycles. The van der Waals surface area contributed by atoms with Crippen LogP contribution in [0, 0.1) is 18.7 Å². The summed E-state index contributed by atoms with van der Waals surface area (Å²) in [7, 11) is 0. The Morgan fingerprint density at radius 2 is 1.65 bits per heavy atom. The minimum absolute atomic E-state index is 0.0779. The van der Waals surface area contributed by atoms with Crippen LogP contribution < -0.4 is 10.6 Å². The zero-order chi connectivity index (χ0) is 22.4. The second-order valence-electron chi connectivity index (χ2n) is 8.68. The molecule has 1 unspecified atom stereocenters. The second-order valence-corrected chi connectivity index (χ2v) is 8.68. The molecular formula is C25H31FN2O3. The van der Waals surface area contributed by atoms with Crippen molar-refractivity contribution in [3.8, 4) is 0 Å². The Hall–Kier alpha value is -2.73. The highest BCUT2D eigenvalue weighted by molar-refractivity contribution is 5.97. The summed E-state index contributed by atoms with van der Waals surface area (Å²) in [5.74, 6) is -0.851. The minimum atomic E-state index is -0.654. The molecule has 2 aromatic rings. The number of carbonyl (C=O) groups excluding carboxylic acids is 2. The fourth-order valence-corrected chi connectivity index (χ4v) is 3.96. The van der Waals surface area contributed by atoms with Crippen molar-refractivity contribution in [2.45, 2.75) is 45.1 Å². The van der Waals surface area contributed by atoms with E-state index in [4.69, 9.17) is 4.74 Å². The number of hydrogen-bond donors (Lipinski definition) is 2. The van der Waals surface area contributed by atoms with Crippen LogP contribution in [0.2, 0.25) is 0 Å². The molecule has 3 rings (SSSR count). The first-order valence-electron chi connectivity index (χ1n) is 10.8. The van der Waals surface area contributed by atoms with E-state index >= 15 is 0 Å². The lowest BCUT2D eigenvalue weighted by atomic mass is 9.74. The summed E-state index contributed by atoms with van der Waals surface area (Å²) in [6.07, 6.45) is 1.47. The van der Waals surface area contributed by atoms with Crippen molar-refractivity contribution in [2.75, 3.05) is 19.8 Å². The summed E-state index contributed by atoms with van der Waals surface area (Å²) in [5, 5.41) is 5.92. The van der Waals surface area contributed by atoms with Crippen molar-refractivity contribution >= 4 is 11.8 Å². The third-order valence-corrected chi connectivity index (χ3v) is 6.06. The van der Waals surface area contributed by atoms with Gasteiger partial charge in [0.15, 0.2) is 0 Å². The Kier molecular flexibility index (Phi) is 7.44. The van der Waals surface area contributed by atoms with Crippen LogP contribution in [-0.2, 0) is 14.9 Å². The predicted molar refractivity (Wildman–Crippen MR) is 118 cm³/mol. The number of benzene rings is 2. The van der Waals surface area contributed by atoms with E-state index in [1.165, 1.54) is 12.1 Å². The molecule has 1 heterocycles. The zero-order valence-corrected chi connectivity index (χ0v) is 18.4. The Morgan fingerprint density at radius 3 is 2.23 bits per heavy atom. The van der Waals surface area contributed by atoms with E-state index in [1.807, 2.05) is 32.9 Å². The van der Waals surface area contributed by atoms with Gasteiger partial charge in [-0.1, -0.05) is 43.7 Å². The van der Waals surface area contributed by atoms with Gasteiger partial charge < -0.3 is 15.4 Å². The molecule has 0 aliphatic carbocycles. The average Bonchev–Trinajstić information content (AvgIpc) is 2.77. The van der Waals surface area contributed by atoms with Crippen LogP contribution in [0.1, 0.15) is 48.2 Å². The van der Waals surface area contributed by atoms with Crippen molar-refractivity contribution in [1.82, 2.24) is 10.6 Å². The number of ether oxygens (including phenoxy) is 1. The predicted octanol–water partition coefficient (Wildman–Crippen LogP) is 3.75. The number of amides is 2. The molecule has 1 fully saturated rings. The topological polar surface area (TPSA) is 67.4 Å². The van der Waals surface area contributed by atoms with Crippen molar-refractivity contribution in [3.63, 3.8) is 0 Å². The van der Waals surface area contributed by atoms with Gasteiger partial charge in [0, 0.05) is 30.7 Å². The third kappa shape index (κ3) is 5.70. The molecule has 0 spiro atoms. The first kappa shape index (κ1) is 22.9. The molecule has 6 heteroatoms. The molecule has 1 aliphatic rings. The van der Waals surface area contributed by atoms with Gasteiger partial charge in [0.25, 0.3) is 5.91 Å². The van der Waals surface area contributed by atoms with Gasteiger partial charge in [-0.25, -0.2) is 4.39 Å². The van der Waals surface area contributed by atoms with Crippen LogP contribution in [0.15, 0.2) is 48.5 Å². The summed E-state index contributed by atoms with van der Waals surface area (Å²) < 4.78 is 19.0. The maximum absolute atomic E-state index is 13.4. The standard InChI is InChI=1S/C25H31FN2O3/c1-17(2)22(28-23(29)19-6-4-18(3)5-7-19)24(30)27-16-25(12-14-31-15-13-25)20-8-10-21(26)11-9-20/h4-11,17,22H,12-16H2,1-3H3,(H,27,30)(H,28,29). The fourth-order valence-electron chi connectivity index (χ4n) is 3.96. The van der Waals surface area contributed by atoms with E-state index in [-0.39, 0.29) is 29.0 Å². The van der Waals surface area contributed by atoms with Gasteiger partial charge in [0.1, 0.15) is 11.9 Å². The van der Waals surface area contributed by atoms with Crippen molar-refractivity contribution in [3.05, 3.63) is 71.0 Å². The van der Waals surface area contributed by atoms with Gasteiger partial charge in [-0.15, -0.1) is 0 Å². The van der Waals surface area contributed by atoms with Gasteiger partial charge in [0.05, 0.1) is 0 Å². The van der Waals surface area contributed by atoms with Crippen molar-refractivity contribution in [2.24, 2.45) is 5.92 Å². The molecule has 0 saturated carbocycles. The first-order chi connectivity index (χ1) is 14.8. The highest BCUT2D eigenvalue weighted by Crippen LogP contribution is 2.34. The highest BCUT2D eigenvalue weighted by Gasteiger charge is 2.36. The van der Waals surface area contributed by atoms with E-state index in [2.05, 4.69) is 10.6 Å². The smallest absolute Gasteiger partial charge is 0.251 e. The number of nitrogens with one attached hydrogen (secondary N) is 2. The SMILES string of the molecule is Cc1ccc(C(=O)NC(C(=O)NCC2(c3ccc(F)cc3)CCOCC2)C(C)C)cc1. The van der Waals surface area contributed by atoms with Gasteiger partial charge >= 0.3 is 0 Å². The molecule has 166 valence electrons. The summed E-state index contributed by atoms with van der Waals surface area (Å²) in [6, 6.07) is 13.1. The molecule has 0 radical (unpaired) electrons. The largest absolute Gasteiger partial charge is 0.381 e. The lowest BCUT2D eigenvalue weighted by molar-refractivity contribution is -0.124. The Morgan fingerprint density at radius 1 is 1.03 bits per heavy atom. The van der Waals surface area contributed by atoms with E-state index in [0.29, 0.717) is 25.3 Å². The molecule has 1 atom stereocenters. The molecule has 31 heavy (non-hydrogen) atoms. The summed E-state index contributed by atoms with van der Waals surface area (Å²) in [5.41, 5.74) is 2.26. The summed E-state index contributed by atoms with van der Waals surface area (Å²) in [6.45, 7) is 7.35. The number of rotatable bonds is 7. The third-order valence-electron chi connectivity index (χ3n) is 6.06. The highest BCUT2D eigenvalue weighted by atomic mass is 19.1. The van der Waals surface area contributed by atoms with Crippen LogP contribution in [0.3, 0.4) is 0 Å². The zero-order valence-electron chi connectivity index (χ0n) is 18.4. The maximum Gasteiger partial charge on any atom is 0.251 e. The Bertz CT molecular complexity index is 888. The van der Waals surface area contributed by atoms with Gasteiger partial charge in [-0.05, 0) is 55.5 Å². The summed E-state index contributed by atoms with van der Waals surface area (Å²) >= 11 is 0. The van der Waals surface area contributed by atoms with Crippen LogP contribution in [-0.4, -0.2) is 37.6 Å². The quantitative estimate of drug-likeness (QED) is 0.709. The first-order valence-corrected chi connectivity index (χ1v) is 10.8. The van der Waals surface area contributed by atoms with Crippen LogP contribution in [0.4, 0.5) is 4.39 Å². The van der Waals surface area contributed by atoms with Gasteiger partial charge in [0.2, 0.25) is 5.91 Å². The number of aryl methyl sites for hydroxylation is 1. The Balaban J connectivity index is 1.71. The fraction of sp³-hybridized carbons (Fsp3) is 0.440. The normalized spacial score (nSPS) is 16.5. The molecule has 0 bridgehead atoms. The molecule has 5 nitrogen and oxygen atoms in total. The second kappa shape index (κ2) is 10.1. The van der Waals surface area contributed by atoms with E-state index in [1.54, 1.807) is 24.3 Å². The van der Waals surface area contributed by atoms with E-state index in [0.717, 1.165) is 24.0 Å². The van der Waals surface area contributed by atoms with Gasteiger partial charge in [-0.2, -0.15) is 0 Å². The van der Waals surface area contributed by atoms with Crippen LogP contribution in [0.25, 0.3) is 0 Å². The van der Waals surface area contributed by atoms with Crippen LogP contribution in [0.5, 0.6) is 0 Å². The van der Waals surface area contributed by atoms with E-state index in [9.17, 15) is 14.0 Å². The minimum Gasteiger partial charge on any atom is -0.381 e. The average molecular weight is 427 g/mol. The van der Waals surface area contributed by atoms with Crippen molar-refractivity contribution < 1.29 is 18.7 Å². The van der Waals surface area contributed by atoms with Gasteiger partial charge in [-0.3, -0.25) is 9.59 Å². The molecule has 2 amide bonds. The monoisotopic (exact) mass is 426 g/mol. The lowest BCUT2D eigenvalue weighted by Crippen LogP contribution is -2.53. The number of halogens is 1. The molecule has 2 aromatic carbocycles. The van der Waals surface area contributed by atoms with Crippen LogP contribution >= 0.6 is 0 Å². The lowest BCUT2D eigenvalue weighted by Gasteiger charge is -2.38. The summed E-state index contributed by atoms with van der Waals surface area (Å²) in [4.78, 5) is 25.7. The number of carbonyl (C=O) groups is 2.